The van der Waals surface area contributed by atoms with E-state index in [4.69, 9.17) is 0 Å². The van der Waals surface area contributed by atoms with Crippen LogP contribution < -0.4 is 5.32 Å². The second kappa shape index (κ2) is 3.85. The Bertz CT molecular complexity index is 414. The molecule has 3 heteroatoms. The molecule has 0 heterocycles. The molecule has 78 valence electrons. The van der Waals surface area contributed by atoms with Crippen molar-refractivity contribution in [3.63, 3.8) is 0 Å². The first kappa shape index (κ1) is 9.90. The summed E-state index contributed by atoms with van der Waals surface area (Å²) in [6.07, 6.45) is 2.90. The second-order valence-corrected chi connectivity index (χ2v) is 3.65. The molecule has 0 aliphatic heterocycles. The molecule has 2 nitrogen and oxygen atoms in total. The average Bonchev–Trinajstić information content (AvgIpc) is 2.60. The van der Waals surface area contributed by atoms with Gasteiger partial charge in [0.15, 0.2) is 0 Å². The van der Waals surface area contributed by atoms with E-state index >= 15 is 0 Å². The first-order valence-electron chi connectivity index (χ1n) is 4.92. The van der Waals surface area contributed by atoms with Crippen molar-refractivity contribution >= 4 is 5.91 Å². The summed E-state index contributed by atoms with van der Waals surface area (Å²) in [5.74, 6) is -0.401. The number of halogens is 1. The van der Waals surface area contributed by atoms with Crippen LogP contribution in [0.2, 0.25) is 0 Å². The SMILES string of the molecule is C=CC(=O)N[C@@H]1CCc2cc(F)ccc21. The lowest BCUT2D eigenvalue weighted by atomic mass is 10.1. The van der Waals surface area contributed by atoms with Gasteiger partial charge in [-0.3, -0.25) is 4.79 Å². The highest BCUT2D eigenvalue weighted by Gasteiger charge is 2.23. The average molecular weight is 205 g/mol. The molecule has 0 saturated heterocycles. The minimum atomic E-state index is -0.218. The van der Waals surface area contributed by atoms with Gasteiger partial charge in [0, 0.05) is 0 Å². The highest BCUT2D eigenvalue weighted by molar-refractivity contribution is 5.87. The Morgan fingerprint density at radius 1 is 1.60 bits per heavy atom. The van der Waals surface area contributed by atoms with Crippen LogP contribution in [-0.2, 0) is 11.2 Å². The van der Waals surface area contributed by atoms with Crippen molar-refractivity contribution in [3.8, 4) is 0 Å². The van der Waals surface area contributed by atoms with Gasteiger partial charge in [0.05, 0.1) is 6.04 Å². The quantitative estimate of drug-likeness (QED) is 0.736. The van der Waals surface area contributed by atoms with Gasteiger partial charge in [-0.2, -0.15) is 0 Å². The molecule has 0 spiro atoms. The zero-order valence-electron chi connectivity index (χ0n) is 8.29. The molecule has 1 aromatic rings. The van der Waals surface area contributed by atoms with E-state index in [1.807, 2.05) is 0 Å². The van der Waals surface area contributed by atoms with E-state index in [1.54, 1.807) is 6.07 Å². The highest BCUT2D eigenvalue weighted by atomic mass is 19.1. The topological polar surface area (TPSA) is 29.1 Å². The molecule has 1 aliphatic carbocycles. The number of rotatable bonds is 2. The zero-order valence-corrected chi connectivity index (χ0v) is 8.29. The van der Waals surface area contributed by atoms with Gasteiger partial charge in [0.1, 0.15) is 5.82 Å². The van der Waals surface area contributed by atoms with Crippen molar-refractivity contribution in [1.82, 2.24) is 5.32 Å². The van der Waals surface area contributed by atoms with Gasteiger partial charge in [-0.1, -0.05) is 12.6 Å². The van der Waals surface area contributed by atoms with Gasteiger partial charge < -0.3 is 5.32 Å². The smallest absolute Gasteiger partial charge is 0.243 e. The second-order valence-electron chi connectivity index (χ2n) is 3.65. The molecule has 15 heavy (non-hydrogen) atoms. The van der Waals surface area contributed by atoms with Crippen LogP contribution in [-0.4, -0.2) is 5.91 Å². The lowest BCUT2D eigenvalue weighted by Crippen LogP contribution is -2.24. The first-order valence-corrected chi connectivity index (χ1v) is 4.92. The maximum absolute atomic E-state index is 12.9. The monoisotopic (exact) mass is 205 g/mol. The molecule has 0 saturated carbocycles. The molecule has 0 bridgehead atoms. The van der Waals surface area contributed by atoms with Crippen molar-refractivity contribution in [1.29, 1.82) is 0 Å². The van der Waals surface area contributed by atoms with Gasteiger partial charge >= 0.3 is 0 Å². The van der Waals surface area contributed by atoms with Crippen LogP contribution >= 0.6 is 0 Å². The number of benzene rings is 1. The Balaban J connectivity index is 2.21. The normalized spacial score (nSPS) is 18.3. The fourth-order valence-electron chi connectivity index (χ4n) is 1.97. The third kappa shape index (κ3) is 1.91. The summed E-state index contributed by atoms with van der Waals surface area (Å²) in [5.41, 5.74) is 2.01. The summed E-state index contributed by atoms with van der Waals surface area (Å²) in [5, 5.41) is 2.82. The highest BCUT2D eigenvalue weighted by Crippen LogP contribution is 2.31. The number of fused-ring (bicyclic) bond motifs is 1. The zero-order chi connectivity index (χ0) is 10.8. The minimum Gasteiger partial charge on any atom is -0.346 e. The van der Waals surface area contributed by atoms with E-state index in [0.717, 1.165) is 24.0 Å². The Labute approximate surface area is 87.8 Å². The van der Waals surface area contributed by atoms with Crippen LogP contribution in [0.3, 0.4) is 0 Å². The van der Waals surface area contributed by atoms with Crippen molar-refractivity contribution in [3.05, 3.63) is 47.8 Å². The standard InChI is InChI=1S/C12H12FNO/c1-2-12(15)14-11-6-3-8-7-9(13)4-5-10(8)11/h2,4-5,7,11H,1,3,6H2,(H,14,15)/t11-/m1/s1. The van der Waals surface area contributed by atoms with Crippen LogP contribution in [0, 0.1) is 5.82 Å². The summed E-state index contributed by atoms with van der Waals surface area (Å²) in [6, 6.07) is 4.71. The Hall–Kier alpha value is -1.64. The third-order valence-corrected chi connectivity index (χ3v) is 2.68. The van der Waals surface area contributed by atoms with Crippen LogP contribution in [0.1, 0.15) is 23.6 Å². The molecular formula is C12H12FNO. The van der Waals surface area contributed by atoms with E-state index in [9.17, 15) is 9.18 Å². The summed E-state index contributed by atoms with van der Waals surface area (Å²) in [7, 11) is 0. The summed E-state index contributed by atoms with van der Waals surface area (Å²) in [6.45, 7) is 3.40. The van der Waals surface area contributed by atoms with E-state index in [-0.39, 0.29) is 17.8 Å². The third-order valence-electron chi connectivity index (χ3n) is 2.68. The van der Waals surface area contributed by atoms with E-state index in [0.29, 0.717) is 0 Å². The molecule has 0 aromatic heterocycles. The molecule has 1 N–H and O–H groups in total. The largest absolute Gasteiger partial charge is 0.346 e. The first-order chi connectivity index (χ1) is 7.20. The Kier molecular flexibility index (Phi) is 2.54. The minimum absolute atomic E-state index is 0.00565. The fourth-order valence-corrected chi connectivity index (χ4v) is 1.97. The maximum Gasteiger partial charge on any atom is 0.243 e. The molecule has 2 rings (SSSR count). The van der Waals surface area contributed by atoms with Gasteiger partial charge in [-0.05, 0) is 42.2 Å². The molecule has 0 unspecified atom stereocenters. The van der Waals surface area contributed by atoms with E-state index in [1.165, 1.54) is 18.2 Å². The number of nitrogens with one attached hydrogen (secondary N) is 1. The van der Waals surface area contributed by atoms with Gasteiger partial charge in [0.2, 0.25) is 5.91 Å². The molecule has 1 aliphatic rings. The number of carbonyl (C=O) groups is 1. The summed E-state index contributed by atoms with van der Waals surface area (Å²) >= 11 is 0. The van der Waals surface area contributed by atoms with Crippen LogP contribution in [0.4, 0.5) is 4.39 Å². The van der Waals surface area contributed by atoms with Gasteiger partial charge in [-0.15, -0.1) is 0 Å². The number of amides is 1. The predicted octanol–water partition coefficient (Wildman–Crippen LogP) is 2.12. The van der Waals surface area contributed by atoms with Gasteiger partial charge in [-0.25, -0.2) is 4.39 Å². The number of hydrogen-bond acceptors (Lipinski definition) is 1. The molecular weight excluding hydrogens is 193 g/mol. The molecule has 0 radical (unpaired) electrons. The van der Waals surface area contributed by atoms with Crippen molar-refractivity contribution in [2.75, 3.05) is 0 Å². The van der Waals surface area contributed by atoms with Crippen LogP contribution in [0.5, 0.6) is 0 Å². The summed E-state index contributed by atoms with van der Waals surface area (Å²) in [4.78, 5) is 11.1. The lowest BCUT2D eigenvalue weighted by Gasteiger charge is -2.12. The van der Waals surface area contributed by atoms with E-state index < -0.39 is 0 Å². The van der Waals surface area contributed by atoms with Crippen LogP contribution in [0.25, 0.3) is 0 Å². The van der Waals surface area contributed by atoms with Crippen molar-refractivity contribution in [2.45, 2.75) is 18.9 Å². The number of aryl methyl sites for hydroxylation is 1. The van der Waals surface area contributed by atoms with Crippen LogP contribution in [0.15, 0.2) is 30.9 Å². The Morgan fingerprint density at radius 3 is 3.13 bits per heavy atom. The van der Waals surface area contributed by atoms with Gasteiger partial charge in [0.25, 0.3) is 0 Å². The number of hydrogen-bond donors (Lipinski definition) is 1. The van der Waals surface area contributed by atoms with Crippen molar-refractivity contribution < 1.29 is 9.18 Å². The van der Waals surface area contributed by atoms with Crippen molar-refractivity contribution in [2.24, 2.45) is 0 Å². The maximum atomic E-state index is 12.9. The summed E-state index contributed by atoms with van der Waals surface area (Å²) < 4.78 is 12.9. The molecule has 1 amide bonds. The fraction of sp³-hybridized carbons (Fsp3) is 0.250. The van der Waals surface area contributed by atoms with E-state index in [2.05, 4.69) is 11.9 Å². The molecule has 1 atom stereocenters. The lowest BCUT2D eigenvalue weighted by molar-refractivity contribution is -0.117. The predicted molar refractivity (Wildman–Crippen MR) is 55.8 cm³/mol. The Morgan fingerprint density at radius 2 is 2.40 bits per heavy atom. The molecule has 0 fully saturated rings. The molecule has 1 aromatic carbocycles. The number of carbonyl (C=O) groups excluding carboxylic acids is 1.